The molecule has 4 rings (SSSR count). The number of hydrogen-bond donors (Lipinski definition) is 1. The maximum Gasteiger partial charge on any atom is 0.229 e. The van der Waals surface area contributed by atoms with Crippen LogP contribution < -0.4 is 15.1 Å². The van der Waals surface area contributed by atoms with Crippen LogP contribution in [0, 0.1) is 19.7 Å². The number of aryl methyl sites for hydroxylation is 2. The Morgan fingerprint density at radius 1 is 0.857 bits per heavy atom. The molecule has 0 radical (unpaired) electrons. The highest BCUT2D eigenvalue weighted by Crippen LogP contribution is 2.23. The van der Waals surface area contributed by atoms with E-state index in [4.69, 9.17) is 4.98 Å². The predicted octanol–water partition coefficient (Wildman–Crippen LogP) is 4.30. The fourth-order valence-corrected chi connectivity index (χ4v) is 3.45. The number of anilines is 4. The van der Waals surface area contributed by atoms with Gasteiger partial charge in [0.2, 0.25) is 5.95 Å². The summed E-state index contributed by atoms with van der Waals surface area (Å²) >= 11 is 0. The molecule has 0 aliphatic carbocycles. The molecule has 2 aromatic carbocycles. The molecule has 0 amide bonds. The average molecular weight is 377 g/mol. The Labute approximate surface area is 164 Å². The Bertz CT molecular complexity index is 949. The van der Waals surface area contributed by atoms with Gasteiger partial charge < -0.3 is 15.1 Å². The van der Waals surface area contributed by atoms with Crippen molar-refractivity contribution in [3.05, 3.63) is 71.7 Å². The van der Waals surface area contributed by atoms with Crippen LogP contribution in [0.2, 0.25) is 0 Å². The van der Waals surface area contributed by atoms with E-state index in [0.717, 1.165) is 54.6 Å². The standard InChI is InChI=1S/C22H24FN5/c1-16-5-3-4-6-20(16)25-22-24-17(2)15-21(26-22)28-13-11-27(12-14-28)19-9-7-18(23)8-10-19/h3-10,15H,11-14H2,1-2H3,(H,24,25,26). The topological polar surface area (TPSA) is 44.3 Å². The molecule has 1 fully saturated rings. The lowest BCUT2D eigenvalue weighted by Gasteiger charge is -2.36. The van der Waals surface area contributed by atoms with E-state index in [2.05, 4.69) is 33.1 Å². The molecular weight excluding hydrogens is 353 g/mol. The smallest absolute Gasteiger partial charge is 0.229 e. The molecule has 0 unspecified atom stereocenters. The van der Waals surface area contributed by atoms with Gasteiger partial charge in [-0.2, -0.15) is 4.98 Å². The highest BCUT2D eigenvalue weighted by molar-refractivity contribution is 5.59. The van der Waals surface area contributed by atoms with E-state index in [9.17, 15) is 4.39 Å². The first-order chi connectivity index (χ1) is 13.6. The molecule has 5 nitrogen and oxygen atoms in total. The van der Waals surface area contributed by atoms with E-state index < -0.39 is 0 Å². The first-order valence-electron chi connectivity index (χ1n) is 9.52. The van der Waals surface area contributed by atoms with E-state index in [1.807, 2.05) is 43.3 Å². The van der Waals surface area contributed by atoms with Gasteiger partial charge in [0.25, 0.3) is 0 Å². The Hall–Kier alpha value is -3.15. The lowest BCUT2D eigenvalue weighted by atomic mass is 10.2. The third kappa shape index (κ3) is 4.06. The summed E-state index contributed by atoms with van der Waals surface area (Å²) in [6.07, 6.45) is 0. The summed E-state index contributed by atoms with van der Waals surface area (Å²) in [6.45, 7) is 7.51. The van der Waals surface area contributed by atoms with Gasteiger partial charge in [-0.1, -0.05) is 18.2 Å². The van der Waals surface area contributed by atoms with Crippen molar-refractivity contribution in [2.75, 3.05) is 41.3 Å². The number of para-hydroxylation sites is 1. The minimum Gasteiger partial charge on any atom is -0.368 e. The van der Waals surface area contributed by atoms with Crippen LogP contribution in [0.3, 0.4) is 0 Å². The second-order valence-electron chi connectivity index (χ2n) is 7.08. The molecule has 1 saturated heterocycles. The fraction of sp³-hybridized carbons (Fsp3) is 0.273. The Morgan fingerprint density at radius 3 is 2.25 bits per heavy atom. The Kier molecular flexibility index (Phi) is 5.10. The minimum atomic E-state index is -0.201. The van der Waals surface area contributed by atoms with Gasteiger partial charge in [0.1, 0.15) is 11.6 Å². The van der Waals surface area contributed by atoms with E-state index in [0.29, 0.717) is 5.95 Å². The lowest BCUT2D eigenvalue weighted by molar-refractivity contribution is 0.624. The molecule has 3 aromatic rings. The summed E-state index contributed by atoms with van der Waals surface area (Å²) in [5.74, 6) is 1.35. The molecule has 6 heteroatoms. The van der Waals surface area contributed by atoms with Gasteiger partial charge >= 0.3 is 0 Å². The molecule has 0 spiro atoms. The molecular formula is C22H24FN5. The van der Waals surface area contributed by atoms with Crippen molar-refractivity contribution in [1.82, 2.24) is 9.97 Å². The third-order valence-electron chi connectivity index (χ3n) is 5.03. The van der Waals surface area contributed by atoms with E-state index >= 15 is 0 Å². The molecule has 1 aliphatic heterocycles. The fourth-order valence-electron chi connectivity index (χ4n) is 3.45. The maximum atomic E-state index is 13.1. The summed E-state index contributed by atoms with van der Waals surface area (Å²) in [4.78, 5) is 13.8. The van der Waals surface area contributed by atoms with Crippen LogP contribution in [-0.2, 0) is 0 Å². The molecule has 0 saturated carbocycles. The van der Waals surface area contributed by atoms with Crippen molar-refractivity contribution in [1.29, 1.82) is 0 Å². The summed E-state index contributed by atoms with van der Waals surface area (Å²) in [6, 6.07) is 16.8. The molecule has 0 atom stereocenters. The highest BCUT2D eigenvalue weighted by Gasteiger charge is 2.19. The molecule has 144 valence electrons. The average Bonchev–Trinajstić information content (AvgIpc) is 2.70. The van der Waals surface area contributed by atoms with Crippen molar-refractivity contribution in [3.8, 4) is 0 Å². The number of nitrogens with zero attached hydrogens (tertiary/aromatic N) is 4. The molecule has 1 aromatic heterocycles. The Morgan fingerprint density at radius 2 is 1.54 bits per heavy atom. The van der Waals surface area contributed by atoms with Crippen LogP contribution in [0.1, 0.15) is 11.3 Å². The largest absolute Gasteiger partial charge is 0.368 e. The number of hydrogen-bond acceptors (Lipinski definition) is 5. The second-order valence-corrected chi connectivity index (χ2v) is 7.08. The van der Waals surface area contributed by atoms with E-state index in [1.165, 1.54) is 12.1 Å². The zero-order chi connectivity index (χ0) is 19.5. The number of halogens is 1. The van der Waals surface area contributed by atoms with Crippen LogP contribution in [0.15, 0.2) is 54.6 Å². The van der Waals surface area contributed by atoms with Crippen LogP contribution in [0.25, 0.3) is 0 Å². The number of nitrogens with one attached hydrogen (secondary N) is 1. The van der Waals surface area contributed by atoms with Crippen LogP contribution in [-0.4, -0.2) is 36.1 Å². The quantitative estimate of drug-likeness (QED) is 0.734. The van der Waals surface area contributed by atoms with E-state index in [1.54, 1.807) is 0 Å². The molecule has 28 heavy (non-hydrogen) atoms. The summed E-state index contributed by atoms with van der Waals surface area (Å²) in [5.41, 5.74) is 4.16. The summed E-state index contributed by atoms with van der Waals surface area (Å²) < 4.78 is 13.1. The number of piperazine rings is 1. The van der Waals surface area contributed by atoms with Crippen LogP contribution in [0.5, 0.6) is 0 Å². The van der Waals surface area contributed by atoms with Crippen LogP contribution >= 0.6 is 0 Å². The molecule has 2 heterocycles. The highest BCUT2D eigenvalue weighted by atomic mass is 19.1. The first kappa shape index (κ1) is 18.2. The van der Waals surface area contributed by atoms with Gasteiger partial charge in [-0.3, -0.25) is 0 Å². The van der Waals surface area contributed by atoms with Gasteiger partial charge in [-0.25, -0.2) is 9.37 Å². The third-order valence-corrected chi connectivity index (χ3v) is 5.03. The van der Waals surface area contributed by atoms with Gasteiger partial charge in [0, 0.05) is 49.3 Å². The summed E-state index contributed by atoms with van der Waals surface area (Å²) in [7, 11) is 0. The second kappa shape index (κ2) is 7.84. The van der Waals surface area contributed by atoms with Crippen molar-refractivity contribution < 1.29 is 4.39 Å². The maximum absolute atomic E-state index is 13.1. The number of aromatic nitrogens is 2. The van der Waals surface area contributed by atoms with Gasteiger partial charge in [-0.15, -0.1) is 0 Å². The Balaban J connectivity index is 1.47. The SMILES string of the molecule is Cc1cc(N2CCN(c3ccc(F)cc3)CC2)nc(Nc2ccccc2C)n1. The van der Waals surface area contributed by atoms with Crippen molar-refractivity contribution in [2.24, 2.45) is 0 Å². The van der Waals surface area contributed by atoms with Gasteiger partial charge in [0.05, 0.1) is 0 Å². The van der Waals surface area contributed by atoms with Crippen LogP contribution in [0.4, 0.5) is 27.5 Å². The number of benzene rings is 2. The molecule has 0 bridgehead atoms. The summed E-state index contributed by atoms with van der Waals surface area (Å²) in [5, 5.41) is 3.34. The minimum absolute atomic E-state index is 0.201. The predicted molar refractivity (Wildman–Crippen MR) is 112 cm³/mol. The first-order valence-corrected chi connectivity index (χ1v) is 9.52. The molecule has 1 N–H and O–H groups in total. The zero-order valence-electron chi connectivity index (χ0n) is 16.2. The van der Waals surface area contributed by atoms with Crippen molar-refractivity contribution >= 4 is 23.1 Å². The van der Waals surface area contributed by atoms with Gasteiger partial charge in [-0.05, 0) is 49.7 Å². The lowest BCUT2D eigenvalue weighted by Crippen LogP contribution is -2.46. The van der Waals surface area contributed by atoms with E-state index in [-0.39, 0.29) is 5.82 Å². The number of rotatable bonds is 4. The van der Waals surface area contributed by atoms with Crippen molar-refractivity contribution in [2.45, 2.75) is 13.8 Å². The molecule has 1 aliphatic rings. The van der Waals surface area contributed by atoms with Crippen molar-refractivity contribution in [3.63, 3.8) is 0 Å². The van der Waals surface area contributed by atoms with Gasteiger partial charge in [0.15, 0.2) is 0 Å². The zero-order valence-corrected chi connectivity index (χ0v) is 16.2. The monoisotopic (exact) mass is 377 g/mol. The normalized spacial score (nSPS) is 14.2.